The van der Waals surface area contributed by atoms with Crippen molar-refractivity contribution >= 4 is 41.5 Å². The van der Waals surface area contributed by atoms with Gasteiger partial charge < -0.3 is 49.8 Å². The fourth-order valence-electron chi connectivity index (χ4n) is 7.39. The van der Waals surface area contributed by atoms with E-state index in [-0.39, 0.29) is 47.9 Å². The fourth-order valence-corrected chi connectivity index (χ4v) is 7.39. The molecule has 9 atom stereocenters. The molecule has 0 aromatic heterocycles. The van der Waals surface area contributed by atoms with Crippen molar-refractivity contribution in [3.05, 3.63) is 108 Å². The number of esters is 3. The van der Waals surface area contributed by atoms with Crippen LogP contribution in [0.25, 0.3) is 0 Å². The first-order valence-corrected chi connectivity index (χ1v) is 23.3. The molecule has 6 N–H and O–H groups in total. The number of carbonyl (C=O) groups excluding carboxylic acids is 5. The molecule has 1 aliphatic carbocycles. The van der Waals surface area contributed by atoms with Gasteiger partial charge in [-0.1, -0.05) is 106 Å². The molecule has 1 fully saturated rings. The normalized spacial score (nSPS) is 22.2. The molecule has 1 amide bonds. The summed E-state index contributed by atoms with van der Waals surface area (Å²) >= 11 is 0. The molecule has 17 nitrogen and oxygen atoms in total. The van der Waals surface area contributed by atoms with Gasteiger partial charge in [0.25, 0.3) is 5.91 Å². The summed E-state index contributed by atoms with van der Waals surface area (Å²) < 4.78 is 28.8. The SMILES string of the molecule is CC(=O)OC1C(OC(/C(C)=C/C(C)CCC/C=C/C(C)C/C=C/CCCN(C)C(=N)N)C(C)/C=C/C=C/C=C/C=C/C=C(\C)C(=O)NC2=C(O)CCC2=O)OC(C(=O)O)C(OC(C)=O)C1OC(C)=O. The van der Waals surface area contributed by atoms with Crippen LogP contribution >= 0.6 is 0 Å². The molecule has 0 saturated carbocycles. The number of rotatable bonds is 27. The number of amides is 1. The van der Waals surface area contributed by atoms with Gasteiger partial charge in [-0.05, 0) is 69.8 Å². The minimum atomic E-state index is -1.85. The second-order valence-corrected chi connectivity index (χ2v) is 17.4. The zero-order valence-corrected chi connectivity index (χ0v) is 41.6. The molecule has 0 spiro atoms. The number of carbonyl (C=O) groups is 6. The Labute approximate surface area is 407 Å². The molecule has 1 aliphatic heterocycles. The fraction of sp³-hybridized carbons (Fsp3) is 0.519. The number of aliphatic hydroxyl groups is 1. The van der Waals surface area contributed by atoms with E-state index >= 15 is 0 Å². The van der Waals surface area contributed by atoms with Crippen LogP contribution in [0.4, 0.5) is 0 Å². The Bertz CT molecular complexity index is 2060. The maximum absolute atomic E-state index is 12.6. The van der Waals surface area contributed by atoms with Crippen LogP contribution in [0.5, 0.6) is 0 Å². The molecular weight excluding hydrogens is 889 g/mol. The second-order valence-electron chi connectivity index (χ2n) is 17.4. The van der Waals surface area contributed by atoms with Crippen LogP contribution in [0.2, 0.25) is 0 Å². The van der Waals surface area contributed by atoms with Crippen molar-refractivity contribution in [2.45, 2.75) is 144 Å². The molecular formula is C52H74N4O13. The van der Waals surface area contributed by atoms with Gasteiger partial charge in [0.15, 0.2) is 36.2 Å². The van der Waals surface area contributed by atoms with Gasteiger partial charge in [-0.15, -0.1) is 0 Å². The summed E-state index contributed by atoms with van der Waals surface area (Å²) in [5.41, 5.74) is 6.55. The maximum atomic E-state index is 12.6. The molecule has 69 heavy (non-hydrogen) atoms. The Balaban J connectivity index is 2.27. The van der Waals surface area contributed by atoms with Crippen LogP contribution in [0, 0.1) is 23.2 Å². The Hall–Kier alpha value is -6.33. The summed E-state index contributed by atoms with van der Waals surface area (Å²) in [6.07, 6.45) is 23.4. The maximum Gasteiger partial charge on any atom is 0.337 e. The van der Waals surface area contributed by atoms with Crippen molar-refractivity contribution in [1.29, 1.82) is 5.41 Å². The lowest BCUT2D eigenvalue weighted by atomic mass is 9.92. The van der Waals surface area contributed by atoms with Gasteiger partial charge in [0, 0.05) is 58.7 Å². The van der Waals surface area contributed by atoms with Gasteiger partial charge in [-0.3, -0.25) is 29.4 Å². The number of nitrogens with zero attached hydrogens (tertiary/aromatic N) is 1. The molecule has 1 saturated heterocycles. The Morgan fingerprint density at radius 3 is 2.00 bits per heavy atom. The highest BCUT2D eigenvalue weighted by Gasteiger charge is 2.55. The highest BCUT2D eigenvalue weighted by atomic mass is 16.7. The predicted molar refractivity (Wildman–Crippen MR) is 262 cm³/mol. The molecule has 17 heteroatoms. The van der Waals surface area contributed by atoms with Gasteiger partial charge in [0.1, 0.15) is 11.5 Å². The number of hydrogen-bond acceptors (Lipinski definition) is 13. The van der Waals surface area contributed by atoms with E-state index in [4.69, 9.17) is 34.8 Å². The van der Waals surface area contributed by atoms with Crippen LogP contribution in [0.1, 0.15) is 107 Å². The molecule has 2 aliphatic rings. The summed E-state index contributed by atoms with van der Waals surface area (Å²) in [7, 11) is 1.81. The number of Topliss-reactive ketones (excluding diaryl/α,β-unsaturated/α-hetero) is 1. The highest BCUT2D eigenvalue weighted by molar-refractivity contribution is 6.04. The van der Waals surface area contributed by atoms with E-state index in [0.29, 0.717) is 11.5 Å². The predicted octanol–water partition coefficient (Wildman–Crippen LogP) is 7.53. The van der Waals surface area contributed by atoms with E-state index < -0.39 is 66.6 Å². The third-order valence-electron chi connectivity index (χ3n) is 11.0. The molecule has 0 bridgehead atoms. The third-order valence-corrected chi connectivity index (χ3v) is 11.0. The number of guanidine groups is 1. The lowest BCUT2D eigenvalue weighted by Gasteiger charge is -2.44. The van der Waals surface area contributed by atoms with Crippen molar-refractivity contribution < 1.29 is 62.7 Å². The molecule has 1 heterocycles. The summed E-state index contributed by atoms with van der Waals surface area (Å²) in [6.45, 7) is 13.6. The summed E-state index contributed by atoms with van der Waals surface area (Å²) in [5, 5.41) is 30.0. The summed E-state index contributed by atoms with van der Waals surface area (Å²) in [6, 6.07) is 0. The number of carboxylic acids is 1. The van der Waals surface area contributed by atoms with E-state index in [1.165, 1.54) is 0 Å². The van der Waals surface area contributed by atoms with Crippen molar-refractivity contribution in [2.24, 2.45) is 23.5 Å². The number of carboxylic acid groups (broad SMARTS) is 1. The van der Waals surface area contributed by atoms with E-state index in [1.54, 1.807) is 60.4 Å². The number of allylic oxidation sites excluding steroid dienone is 15. The minimum Gasteiger partial charge on any atom is -0.510 e. The lowest BCUT2D eigenvalue weighted by Crippen LogP contribution is -2.64. The molecule has 0 aromatic carbocycles. The van der Waals surface area contributed by atoms with E-state index in [1.807, 2.05) is 27.0 Å². The Morgan fingerprint density at radius 2 is 1.41 bits per heavy atom. The van der Waals surface area contributed by atoms with Gasteiger partial charge in [-0.2, -0.15) is 0 Å². The first kappa shape index (κ1) is 58.8. The quantitative estimate of drug-likeness (QED) is 0.00780. The number of ether oxygens (including phenoxy) is 5. The smallest absolute Gasteiger partial charge is 0.337 e. The highest BCUT2D eigenvalue weighted by Crippen LogP contribution is 2.33. The molecule has 0 radical (unpaired) electrons. The minimum absolute atomic E-state index is 0.0599. The zero-order chi connectivity index (χ0) is 51.6. The average molecular weight is 963 g/mol. The number of aliphatic hydroxyl groups excluding tert-OH is 1. The van der Waals surface area contributed by atoms with Crippen molar-refractivity contribution in [3.8, 4) is 0 Å². The largest absolute Gasteiger partial charge is 0.510 e. The number of nitrogens with two attached hydrogens (primary N) is 1. The van der Waals surface area contributed by atoms with Crippen LogP contribution in [0.15, 0.2) is 108 Å². The third kappa shape index (κ3) is 22.1. The van der Waals surface area contributed by atoms with Crippen LogP contribution in [0.3, 0.4) is 0 Å². The number of nitrogens with one attached hydrogen (secondary N) is 2. The molecule has 2 rings (SSSR count). The number of aliphatic carboxylic acids is 1. The molecule has 9 unspecified atom stereocenters. The number of ketones is 1. The lowest BCUT2D eigenvalue weighted by molar-refractivity contribution is -0.309. The van der Waals surface area contributed by atoms with Crippen LogP contribution in [-0.4, -0.2) is 107 Å². The van der Waals surface area contributed by atoms with Crippen LogP contribution < -0.4 is 11.1 Å². The van der Waals surface area contributed by atoms with Gasteiger partial charge in [0.2, 0.25) is 6.29 Å². The van der Waals surface area contributed by atoms with Crippen molar-refractivity contribution in [1.82, 2.24) is 10.2 Å². The monoisotopic (exact) mass is 963 g/mol. The summed E-state index contributed by atoms with van der Waals surface area (Å²) in [5.74, 6) is -4.81. The molecule has 380 valence electrons. The van der Waals surface area contributed by atoms with Gasteiger partial charge in [-0.25, -0.2) is 4.79 Å². The number of hydrogen-bond donors (Lipinski definition) is 5. The Kier molecular flexibility index (Phi) is 26.4. The standard InChI is InChI=1S/C52H74N4O13/c1-33(24-18-15-16-23-31-56(9)52(53)54)25-19-17-20-26-34(2)32-37(5)44(68-51-48(67-40(8)59)46(66-39(7)58)45(65-38(6)57)47(69-51)50(63)64)35(3)27-21-13-11-10-12-14-22-28-36(4)49(62)55-43-41(60)29-30-42(43)61/h10-15,18-19,21-22,25,27-28,32-35,44-48,51,60H,16-17,20,23-24,26,29-31H2,1-9H3,(H3,53,54)(H,55,62)(H,63,64)/b12-10+,13-11+,18-15+,22-14+,25-19+,27-21+,36-28+,37-32+. The Morgan fingerprint density at radius 1 is 0.812 bits per heavy atom. The second kappa shape index (κ2) is 30.9. The first-order chi connectivity index (χ1) is 32.6. The first-order valence-electron chi connectivity index (χ1n) is 23.3. The van der Waals surface area contributed by atoms with E-state index in [2.05, 4.69) is 49.5 Å². The van der Waals surface area contributed by atoms with Crippen LogP contribution in [-0.2, 0) is 52.5 Å². The zero-order valence-electron chi connectivity index (χ0n) is 41.6. The molecule has 0 aromatic rings. The van der Waals surface area contributed by atoms with Crippen molar-refractivity contribution in [3.63, 3.8) is 0 Å². The van der Waals surface area contributed by atoms with Crippen molar-refractivity contribution in [2.75, 3.05) is 13.6 Å². The van der Waals surface area contributed by atoms with E-state index in [9.17, 15) is 39.0 Å². The average Bonchev–Trinajstić information content (AvgIpc) is 3.58. The van der Waals surface area contributed by atoms with Gasteiger partial charge in [0.05, 0.1) is 6.10 Å². The van der Waals surface area contributed by atoms with E-state index in [0.717, 1.165) is 71.4 Å². The van der Waals surface area contributed by atoms with Gasteiger partial charge >= 0.3 is 23.9 Å². The number of unbranched alkanes of at least 4 members (excludes halogenated alkanes) is 2. The summed E-state index contributed by atoms with van der Waals surface area (Å²) in [4.78, 5) is 75.5. The topological polar surface area (TPSA) is 254 Å².